The van der Waals surface area contributed by atoms with Crippen LogP contribution in [0.2, 0.25) is 0 Å². The van der Waals surface area contributed by atoms with Crippen molar-refractivity contribution in [1.82, 2.24) is 19.9 Å². The summed E-state index contributed by atoms with van der Waals surface area (Å²) in [5, 5.41) is 9.19. The minimum Gasteiger partial charge on any atom is -0.419 e. The van der Waals surface area contributed by atoms with Crippen LogP contribution in [0.25, 0.3) is 11.2 Å². The smallest absolute Gasteiger partial charge is 0.180 e. The van der Waals surface area contributed by atoms with E-state index in [2.05, 4.69) is 26.9 Å². The van der Waals surface area contributed by atoms with Gasteiger partial charge < -0.3 is 17.0 Å². The summed E-state index contributed by atoms with van der Waals surface area (Å²) < 4.78 is 0. The van der Waals surface area contributed by atoms with Gasteiger partial charge in [0.25, 0.3) is 0 Å². The largest absolute Gasteiger partial charge is 0.419 e. The standard InChI is InChI=1S/C7H7N4O.Re/c1-4(12)5-6-7(10-2-8-5)11-3-9-6;/h2-4,12H,1H2,(H,8,9,10,11);/q-1;. The summed E-state index contributed by atoms with van der Waals surface area (Å²) >= 11 is 0. The van der Waals surface area contributed by atoms with Crippen LogP contribution < -0.4 is 0 Å². The van der Waals surface area contributed by atoms with Crippen LogP contribution in [0.5, 0.6) is 0 Å². The summed E-state index contributed by atoms with van der Waals surface area (Å²) in [6.45, 7) is 3.46. The summed E-state index contributed by atoms with van der Waals surface area (Å²) in [5.74, 6) is 0. The molecule has 0 amide bonds. The minimum atomic E-state index is -0.851. The zero-order valence-corrected chi connectivity index (χ0v) is 9.32. The molecule has 0 saturated carbocycles. The van der Waals surface area contributed by atoms with E-state index >= 15 is 0 Å². The Morgan fingerprint density at radius 1 is 1.38 bits per heavy atom. The van der Waals surface area contributed by atoms with Crippen molar-refractivity contribution >= 4 is 11.2 Å². The molecule has 0 aliphatic rings. The van der Waals surface area contributed by atoms with Gasteiger partial charge in [-0.1, -0.05) is 0 Å². The van der Waals surface area contributed by atoms with E-state index in [1.54, 1.807) is 0 Å². The molecule has 2 rings (SSSR count). The molecule has 0 aliphatic heterocycles. The first kappa shape index (κ1) is 10.3. The molecule has 0 bridgehead atoms. The molecule has 5 nitrogen and oxygen atoms in total. The summed E-state index contributed by atoms with van der Waals surface area (Å²) in [6.07, 6.45) is 2.01. The van der Waals surface area contributed by atoms with Gasteiger partial charge in [0.15, 0.2) is 5.65 Å². The molecule has 0 aliphatic carbocycles. The molecule has 1 atom stereocenters. The second-order valence-electron chi connectivity index (χ2n) is 2.38. The van der Waals surface area contributed by atoms with E-state index in [0.29, 0.717) is 16.9 Å². The van der Waals surface area contributed by atoms with Crippen molar-refractivity contribution in [3.8, 4) is 0 Å². The molecule has 2 aromatic heterocycles. The third-order valence-electron chi connectivity index (χ3n) is 1.57. The second kappa shape index (κ2) is 3.92. The van der Waals surface area contributed by atoms with Gasteiger partial charge >= 0.3 is 0 Å². The first-order chi connectivity index (χ1) is 5.79. The predicted octanol–water partition coefficient (Wildman–Crippen LogP) is 0.218. The summed E-state index contributed by atoms with van der Waals surface area (Å²) in [7, 11) is 0. The normalized spacial score (nSPS) is 12.5. The first-order valence-electron chi connectivity index (χ1n) is 3.44. The number of nitrogens with one attached hydrogen (secondary N) is 1. The van der Waals surface area contributed by atoms with Gasteiger partial charge in [0.1, 0.15) is 11.8 Å². The number of aliphatic hydroxyl groups is 1. The van der Waals surface area contributed by atoms with Crippen LogP contribution in [-0.2, 0) is 20.4 Å². The van der Waals surface area contributed by atoms with Crippen LogP contribution in [-0.4, -0.2) is 25.0 Å². The molecular formula is C7H7N4ORe-. The number of fused-ring (bicyclic) bond motifs is 1. The third kappa shape index (κ3) is 1.75. The van der Waals surface area contributed by atoms with Gasteiger partial charge in [0.2, 0.25) is 0 Å². The Labute approximate surface area is 88.3 Å². The van der Waals surface area contributed by atoms with Crippen molar-refractivity contribution < 1.29 is 25.5 Å². The third-order valence-corrected chi connectivity index (χ3v) is 1.57. The fraction of sp³-hybridized carbons (Fsp3) is 0.143. The van der Waals surface area contributed by atoms with Gasteiger partial charge in [-0.2, -0.15) is 0 Å². The van der Waals surface area contributed by atoms with Gasteiger partial charge in [0.05, 0.1) is 12.0 Å². The average Bonchev–Trinajstić information content (AvgIpc) is 2.49. The molecule has 13 heavy (non-hydrogen) atoms. The van der Waals surface area contributed by atoms with Crippen LogP contribution in [0, 0.1) is 6.92 Å². The van der Waals surface area contributed by atoms with Crippen LogP contribution >= 0.6 is 0 Å². The molecule has 2 heterocycles. The van der Waals surface area contributed by atoms with Crippen molar-refractivity contribution in [2.24, 2.45) is 0 Å². The van der Waals surface area contributed by atoms with E-state index < -0.39 is 6.10 Å². The zero-order chi connectivity index (χ0) is 8.55. The first-order valence-corrected chi connectivity index (χ1v) is 3.44. The Balaban J connectivity index is 0.000000845. The zero-order valence-electron chi connectivity index (χ0n) is 6.61. The van der Waals surface area contributed by atoms with Crippen molar-refractivity contribution in [1.29, 1.82) is 0 Å². The van der Waals surface area contributed by atoms with Gasteiger partial charge in [-0.15, -0.1) is 0 Å². The Kier molecular flexibility index (Phi) is 3.09. The van der Waals surface area contributed by atoms with Gasteiger partial charge in [-0.3, -0.25) is 0 Å². The van der Waals surface area contributed by atoms with Crippen LogP contribution in [0.4, 0.5) is 0 Å². The maximum atomic E-state index is 9.19. The molecule has 6 heteroatoms. The second-order valence-corrected chi connectivity index (χ2v) is 2.38. The average molecular weight is 349 g/mol. The number of hydrogen-bond acceptors (Lipinski definition) is 4. The fourth-order valence-electron chi connectivity index (χ4n) is 1.04. The Morgan fingerprint density at radius 2 is 2.15 bits per heavy atom. The van der Waals surface area contributed by atoms with Gasteiger partial charge in [0, 0.05) is 20.4 Å². The van der Waals surface area contributed by atoms with E-state index in [4.69, 9.17) is 0 Å². The van der Waals surface area contributed by atoms with E-state index in [1.807, 2.05) is 0 Å². The number of nitrogens with zero attached hydrogens (tertiary/aromatic N) is 3. The number of H-pyrrole nitrogens is 1. The van der Waals surface area contributed by atoms with Crippen LogP contribution in [0.1, 0.15) is 11.8 Å². The molecule has 0 fully saturated rings. The van der Waals surface area contributed by atoms with E-state index in [0.717, 1.165) is 0 Å². The maximum absolute atomic E-state index is 9.19. The topological polar surface area (TPSA) is 74.7 Å². The molecule has 0 spiro atoms. The number of imidazole rings is 1. The van der Waals surface area contributed by atoms with E-state index in [-0.39, 0.29) is 20.4 Å². The number of aromatic nitrogens is 4. The van der Waals surface area contributed by atoms with Crippen molar-refractivity contribution in [2.75, 3.05) is 0 Å². The van der Waals surface area contributed by atoms with Crippen molar-refractivity contribution in [2.45, 2.75) is 6.10 Å². The molecule has 1 radical (unpaired) electrons. The predicted molar refractivity (Wildman–Crippen MR) is 42.0 cm³/mol. The summed E-state index contributed by atoms with van der Waals surface area (Å²) in [6, 6.07) is 0. The minimum absolute atomic E-state index is 0. The van der Waals surface area contributed by atoms with Gasteiger partial charge in [-0.25, -0.2) is 15.0 Å². The number of aliphatic hydroxyl groups excluding tert-OH is 1. The van der Waals surface area contributed by atoms with Crippen molar-refractivity contribution in [3.05, 3.63) is 25.3 Å². The fourth-order valence-corrected chi connectivity index (χ4v) is 1.04. The van der Waals surface area contributed by atoms with Crippen molar-refractivity contribution in [3.63, 3.8) is 0 Å². The quantitative estimate of drug-likeness (QED) is 0.723. The van der Waals surface area contributed by atoms with E-state index in [1.165, 1.54) is 12.7 Å². The monoisotopic (exact) mass is 350 g/mol. The number of aromatic amines is 1. The summed E-state index contributed by atoms with van der Waals surface area (Å²) in [5.41, 5.74) is 1.65. The molecule has 0 saturated heterocycles. The number of hydrogen-bond donors (Lipinski definition) is 2. The van der Waals surface area contributed by atoms with E-state index in [9.17, 15) is 5.11 Å². The molecular weight excluding hydrogens is 342 g/mol. The number of rotatable bonds is 1. The molecule has 69 valence electrons. The van der Waals surface area contributed by atoms with Crippen LogP contribution in [0.3, 0.4) is 0 Å². The van der Waals surface area contributed by atoms with Crippen LogP contribution in [0.15, 0.2) is 12.7 Å². The molecule has 2 aromatic rings. The Bertz CT molecular complexity index is 400. The molecule has 1 unspecified atom stereocenters. The Morgan fingerprint density at radius 3 is 2.85 bits per heavy atom. The Hall–Kier alpha value is -0.828. The van der Waals surface area contributed by atoms with Gasteiger partial charge in [-0.05, 0) is 6.10 Å². The maximum Gasteiger partial charge on any atom is 0.180 e. The molecule has 0 aromatic carbocycles. The molecule has 2 N–H and O–H groups in total. The summed E-state index contributed by atoms with van der Waals surface area (Å²) in [4.78, 5) is 14.5. The SMILES string of the molecule is [CH2-]C(O)c1ncnc2nc[nH]c12.[Re].